The first-order valence-corrected chi connectivity index (χ1v) is 30.0. The number of hydrogen-bond acceptors (Lipinski definition) is 7. The fraction of sp³-hybridized carbons (Fsp3) is 0.147. The molecule has 10 nitrogen and oxygen atoms in total. The number of halogens is 2. The molecule has 0 unspecified atom stereocenters. The van der Waals surface area contributed by atoms with Crippen LogP contribution < -0.4 is 24.0 Å². The third kappa shape index (κ3) is 8.49. The topological polar surface area (TPSA) is 93.3 Å². The van der Waals surface area contributed by atoms with Crippen molar-refractivity contribution in [2.24, 2.45) is 0 Å². The number of allylic oxidation sites excluding steroid dienone is 2. The number of methoxy groups -OCH3 is 2. The first-order valence-electron chi connectivity index (χ1n) is 30.0. The van der Waals surface area contributed by atoms with Crippen molar-refractivity contribution in [2.45, 2.75) is 58.8 Å². The van der Waals surface area contributed by atoms with Gasteiger partial charge in [-0.15, -0.1) is 0 Å². The van der Waals surface area contributed by atoms with Crippen LogP contribution in [-0.4, -0.2) is 53.6 Å². The molecule has 0 spiro atoms. The maximum atomic E-state index is 18.4. The molecule has 0 saturated heterocycles. The molecule has 0 bridgehead atoms. The number of carbonyl (C=O) groups excluding carboxylic acids is 3. The summed E-state index contributed by atoms with van der Waals surface area (Å²) in [6.45, 7) is -0.557. The molecular weight excluding hydrogens is 1100 g/mol. The number of nitrogens with zero attached hydrogens (tertiary/aromatic N) is 4. The van der Waals surface area contributed by atoms with Gasteiger partial charge in [0, 0.05) is 80.2 Å². The third-order valence-corrected chi connectivity index (χ3v) is 18.5. The predicted octanol–water partition coefficient (Wildman–Crippen LogP) is 16.4. The molecule has 9 aromatic carbocycles. The van der Waals surface area contributed by atoms with Gasteiger partial charge >= 0.3 is 12.9 Å². The molecule has 5 aliphatic rings. The lowest BCUT2D eigenvalue weighted by Crippen LogP contribution is -2.52. The van der Waals surface area contributed by atoms with E-state index in [0.29, 0.717) is 93.3 Å². The van der Waals surface area contributed by atoms with Gasteiger partial charge < -0.3 is 36.7 Å². The maximum absolute atomic E-state index is 18.4. The summed E-state index contributed by atoms with van der Waals surface area (Å²) in [6, 6.07) is 64.5. The number of carbonyl (C=O) groups is 3. The van der Waals surface area contributed by atoms with Crippen LogP contribution in [0.5, 0.6) is 17.2 Å². The molecular formula is C75H59BF2N4O6. The van der Waals surface area contributed by atoms with Gasteiger partial charge in [-0.05, 0) is 169 Å². The summed E-state index contributed by atoms with van der Waals surface area (Å²) in [6.07, 6.45) is 3.70. The summed E-state index contributed by atoms with van der Waals surface area (Å²) in [7, 11) is 3.05. The van der Waals surface area contributed by atoms with Crippen molar-refractivity contribution in [1.29, 1.82) is 0 Å². The lowest BCUT2D eigenvalue weighted by Gasteiger charge is -2.36. The predicted molar refractivity (Wildman–Crippen MR) is 343 cm³/mol. The Morgan fingerprint density at radius 3 is 1.85 bits per heavy atom. The molecule has 10 aromatic rings. The minimum absolute atomic E-state index is 0.0674. The molecule has 1 aromatic heterocycles. The summed E-state index contributed by atoms with van der Waals surface area (Å²) in [5.41, 5.74) is 17.1. The zero-order chi connectivity index (χ0) is 60.1. The summed E-state index contributed by atoms with van der Waals surface area (Å²) in [4.78, 5) is 46.0. The third-order valence-electron chi connectivity index (χ3n) is 18.5. The summed E-state index contributed by atoms with van der Waals surface area (Å²) in [5.74, 6) is -0.498. The van der Waals surface area contributed by atoms with Gasteiger partial charge in [-0.1, -0.05) is 121 Å². The average molecular weight is 1160 g/mol. The molecule has 432 valence electrons. The number of aromatic nitrogens is 1. The Bertz CT molecular complexity index is 4620. The number of rotatable bonds is 13. The van der Waals surface area contributed by atoms with Crippen molar-refractivity contribution in [2.75, 3.05) is 24.0 Å². The number of benzene rings is 9. The molecule has 3 aliphatic heterocycles. The van der Waals surface area contributed by atoms with Gasteiger partial charge in [-0.3, -0.25) is 14.4 Å². The Labute approximate surface area is 508 Å². The average Bonchev–Trinajstić information content (AvgIpc) is 1.77. The molecule has 13 heteroatoms. The van der Waals surface area contributed by atoms with Gasteiger partial charge in [0.1, 0.15) is 17.2 Å². The highest BCUT2D eigenvalue weighted by molar-refractivity contribution is 6.59. The largest absolute Gasteiger partial charge is 0.737 e. The minimum atomic E-state index is -4.47. The number of imide groups is 1. The van der Waals surface area contributed by atoms with E-state index in [1.807, 2.05) is 135 Å². The Balaban J connectivity index is 0.675. The molecule has 4 heterocycles. The lowest BCUT2D eigenvalue weighted by atomic mass is 9.82. The number of esters is 1. The molecule has 0 saturated carbocycles. The summed E-state index contributed by atoms with van der Waals surface area (Å²) in [5, 5.41) is 1.45. The second-order valence-electron chi connectivity index (χ2n) is 23.2. The van der Waals surface area contributed by atoms with Crippen molar-refractivity contribution in [3.63, 3.8) is 0 Å². The standard InChI is InChI=1S/C75H59BF2N4O6/c1-45-56-39-33-48-18-11-13-24-59(48)72(56)81-70(45)69(71-46(2)57-40-34-49-19-12-14-25-60(49)73(57)82(71)76(81,77)78)68-64(86-3)43-55(44-65(68)87-4)88-66(83)28-15-17-47-29-35-54(36-30-47)80-74(84)62-27-16-26-61-58(41-42-63(67(61)62)75(80)85)50-31-37-53(38-32-50)79(51-20-7-5-8-21-51)52-22-9-6-10-23-52/h5-14,16,18-27,29-32,35-38,41-44H,15,17,28,33-34,39-40H2,1-4H3. The molecule has 2 aliphatic carbocycles. The second kappa shape index (κ2) is 21.2. The molecule has 2 amide bonds. The van der Waals surface area contributed by atoms with E-state index in [2.05, 4.69) is 53.4 Å². The number of hydrogen-bond donors (Lipinski definition) is 0. The normalized spacial score (nSPS) is 15.1. The number of amides is 2. The van der Waals surface area contributed by atoms with Gasteiger partial charge in [0.05, 0.1) is 31.0 Å². The second-order valence-corrected chi connectivity index (χ2v) is 23.2. The fourth-order valence-electron chi connectivity index (χ4n) is 14.5. The van der Waals surface area contributed by atoms with Crippen LogP contribution in [0.2, 0.25) is 0 Å². The maximum Gasteiger partial charge on any atom is 0.737 e. The number of para-hydroxylation sites is 2. The van der Waals surface area contributed by atoms with Gasteiger partial charge in [-0.25, -0.2) is 4.90 Å². The summed E-state index contributed by atoms with van der Waals surface area (Å²) < 4.78 is 57.9. The van der Waals surface area contributed by atoms with E-state index in [1.165, 1.54) is 28.1 Å². The van der Waals surface area contributed by atoms with Crippen molar-refractivity contribution in [1.82, 2.24) is 4.48 Å². The molecule has 0 radical (unpaired) electrons. The molecule has 88 heavy (non-hydrogen) atoms. The number of anilines is 4. The zero-order valence-electron chi connectivity index (χ0n) is 49.1. The van der Waals surface area contributed by atoms with Gasteiger partial charge in [0.2, 0.25) is 0 Å². The van der Waals surface area contributed by atoms with Crippen molar-refractivity contribution >= 4 is 69.6 Å². The monoisotopic (exact) mass is 1160 g/mol. The van der Waals surface area contributed by atoms with Gasteiger partial charge in [-0.2, -0.15) is 0 Å². The van der Waals surface area contributed by atoms with E-state index in [1.54, 1.807) is 30.3 Å². The Kier molecular flexibility index (Phi) is 13.1. The molecule has 0 fully saturated rings. The highest BCUT2D eigenvalue weighted by atomic mass is 19.2. The zero-order valence-corrected chi connectivity index (χ0v) is 49.1. The van der Waals surface area contributed by atoms with E-state index in [9.17, 15) is 14.4 Å². The van der Waals surface area contributed by atoms with E-state index in [-0.39, 0.29) is 12.2 Å². The number of fused-ring (bicyclic) bond motifs is 9. The first-order chi connectivity index (χ1) is 42.9. The highest BCUT2D eigenvalue weighted by Crippen LogP contribution is 2.55. The van der Waals surface area contributed by atoms with Crippen LogP contribution in [0.25, 0.3) is 38.7 Å². The molecule has 0 atom stereocenters. The molecule has 0 N–H and O–H groups in total. The van der Waals surface area contributed by atoms with Crippen LogP contribution in [0, 0.1) is 6.92 Å². The van der Waals surface area contributed by atoms with Crippen molar-refractivity contribution < 1.29 is 41.7 Å². The van der Waals surface area contributed by atoms with Crippen LogP contribution in [-0.2, 0) is 30.5 Å². The van der Waals surface area contributed by atoms with Crippen LogP contribution in [0.3, 0.4) is 0 Å². The van der Waals surface area contributed by atoms with Crippen molar-refractivity contribution in [3.8, 4) is 39.6 Å². The van der Waals surface area contributed by atoms with Crippen molar-refractivity contribution in [3.05, 3.63) is 273 Å². The van der Waals surface area contributed by atoms with E-state index >= 15 is 8.63 Å². The quantitative estimate of drug-likeness (QED) is 0.0491. The van der Waals surface area contributed by atoms with E-state index in [0.717, 1.165) is 96.5 Å². The van der Waals surface area contributed by atoms with Gasteiger partial charge in [0.15, 0.2) is 11.4 Å². The van der Waals surface area contributed by atoms with Crippen LogP contribution in [0.1, 0.15) is 91.5 Å². The van der Waals surface area contributed by atoms with Crippen LogP contribution in [0.15, 0.2) is 217 Å². The minimum Gasteiger partial charge on any atom is -0.496 e. The van der Waals surface area contributed by atoms with Crippen LogP contribution in [0.4, 0.5) is 31.4 Å². The van der Waals surface area contributed by atoms with Gasteiger partial charge in [0.25, 0.3) is 11.8 Å². The fourth-order valence-corrected chi connectivity index (χ4v) is 14.5. The smallest absolute Gasteiger partial charge is 0.496 e. The Morgan fingerprint density at radius 2 is 1.18 bits per heavy atom. The molecule has 15 rings (SSSR count). The highest BCUT2D eigenvalue weighted by Gasteiger charge is 2.59. The number of ether oxygens (including phenoxy) is 3. The Hall–Kier alpha value is -10.4. The Morgan fingerprint density at radius 1 is 0.602 bits per heavy atom. The van der Waals surface area contributed by atoms with Crippen LogP contribution >= 0.6 is 0 Å². The number of aryl methyl sites for hydroxylation is 3. The SMILES string of the molecule is COc1cc(OC(=O)CCCc2ccc(N3C(=O)c4cccc5c(-c6ccc(N(c7ccccc7)c7ccccc7)cc6)ccc(c45)C3=O)cc2)cc(OC)c1C1=C2C(C)=C3CCc4ccccc4C3=[N+]2[B-](F)(F)n2c1c(C)c1c2-c2ccccc2CC1. The first kappa shape index (κ1) is 54.3. The van der Waals surface area contributed by atoms with E-state index < -0.39 is 24.8 Å². The van der Waals surface area contributed by atoms with E-state index in [4.69, 9.17) is 14.2 Å². The summed E-state index contributed by atoms with van der Waals surface area (Å²) >= 11 is 0. The lowest BCUT2D eigenvalue weighted by molar-refractivity contribution is -0.362.